The Labute approximate surface area is 96.5 Å². The number of carbonyl (C=O) groups is 1. The van der Waals surface area contributed by atoms with Crippen molar-refractivity contribution in [3.63, 3.8) is 0 Å². The van der Waals surface area contributed by atoms with Gasteiger partial charge in [0.05, 0.1) is 6.54 Å². The van der Waals surface area contributed by atoms with Crippen LogP contribution in [0, 0.1) is 6.92 Å². The molecule has 0 aliphatic carbocycles. The third kappa shape index (κ3) is 2.57. The van der Waals surface area contributed by atoms with Gasteiger partial charge in [-0.3, -0.25) is 0 Å². The molecule has 7 heteroatoms. The monoisotopic (exact) mass is 234 g/mol. The van der Waals surface area contributed by atoms with Gasteiger partial charge >= 0.3 is 5.97 Å². The zero-order valence-electron chi connectivity index (χ0n) is 9.04. The van der Waals surface area contributed by atoms with Crippen LogP contribution in [0.4, 0.5) is 5.82 Å². The number of carboxylic acid groups (broad SMARTS) is 1. The first-order chi connectivity index (χ1) is 8.16. The van der Waals surface area contributed by atoms with Crippen molar-refractivity contribution in [3.8, 4) is 0 Å². The lowest BCUT2D eigenvalue weighted by molar-refractivity contribution is 0.0697. The number of aromatic carboxylic acids is 1. The molecule has 0 amide bonds. The lowest BCUT2D eigenvalue weighted by Crippen LogP contribution is -2.08. The second-order valence-corrected chi connectivity index (χ2v) is 3.29. The summed E-state index contributed by atoms with van der Waals surface area (Å²) in [4.78, 5) is 18.8. The highest BCUT2D eigenvalue weighted by Gasteiger charge is 2.11. The van der Waals surface area contributed by atoms with E-state index in [-0.39, 0.29) is 17.9 Å². The molecule has 7 nitrogen and oxygen atoms in total. The number of hydrogen-bond acceptors (Lipinski definition) is 6. The molecule has 2 heterocycles. The maximum Gasteiger partial charge on any atom is 0.339 e. The van der Waals surface area contributed by atoms with E-state index in [1.165, 1.54) is 12.3 Å². The molecule has 0 atom stereocenters. The summed E-state index contributed by atoms with van der Waals surface area (Å²) in [7, 11) is 0. The molecular formula is C10H10N4O3. The van der Waals surface area contributed by atoms with Crippen LogP contribution in [-0.2, 0) is 6.54 Å². The van der Waals surface area contributed by atoms with Gasteiger partial charge in [0, 0.05) is 6.20 Å². The molecule has 0 aliphatic rings. The molecule has 0 radical (unpaired) electrons. The summed E-state index contributed by atoms with van der Waals surface area (Å²) in [5.41, 5.74) is 0.101. The van der Waals surface area contributed by atoms with Crippen LogP contribution in [0.1, 0.15) is 22.1 Å². The van der Waals surface area contributed by atoms with Crippen LogP contribution < -0.4 is 5.32 Å². The largest absolute Gasteiger partial charge is 0.478 e. The quantitative estimate of drug-likeness (QED) is 0.816. The third-order valence-corrected chi connectivity index (χ3v) is 2.01. The van der Waals surface area contributed by atoms with E-state index >= 15 is 0 Å². The predicted octanol–water partition coefficient (Wildman–Crippen LogP) is 1.08. The molecule has 0 aromatic carbocycles. The Morgan fingerprint density at radius 1 is 1.59 bits per heavy atom. The Hall–Kier alpha value is -2.44. The van der Waals surface area contributed by atoms with E-state index in [0.29, 0.717) is 11.7 Å². The van der Waals surface area contributed by atoms with Gasteiger partial charge in [0.25, 0.3) is 0 Å². The number of rotatable bonds is 4. The fraction of sp³-hybridized carbons (Fsp3) is 0.200. The van der Waals surface area contributed by atoms with Crippen LogP contribution >= 0.6 is 0 Å². The summed E-state index contributed by atoms with van der Waals surface area (Å²) < 4.78 is 4.89. The maximum absolute atomic E-state index is 10.9. The van der Waals surface area contributed by atoms with Crippen LogP contribution in [0.2, 0.25) is 0 Å². The van der Waals surface area contributed by atoms with Crippen molar-refractivity contribution >= 4 is 11.8 Å². The molecule has 2 rings (SSSR count). The maximum atomic E-state index is 10.9. The average molecular weight is 234 g/mol. The van der Waals surface area contributed by atoms with Gasteiger partial charge in [-0.1, -0.05) is 5.16 Å². The number of pyridine rings is 1. The van der Waals surface area contributed by atoms with E-state index in [2.05, 4.69) is 20.4 Å². The van der Waals surface area contributed by atoms with Gasteiger partial charge in [0.1, 0.15) is 11.4 Å². The van der Waals surface area contributed by atoms with Crippen molar-refractivity contribution < 1.29 is 14.4 Å². The van der Waals surface area contributed by atoms with Crippen molar-refractivity contribution in [2.24, 2.45) is 0 Å². The standard InChI is InChI=1S/C10H10N4O3/c1-6-13-8(17-14-6)5-12-9-7(10(15)16)3-2-4-11-9/h2-4H,5H2,1H3,(H,11,12)(H,15,16). The van der Waals surface area contributed by atoms with Gasteiger partial charge in [-0.2, -0.15) is 4.98 Å². The molecule has 0 saturated carbocycles. The van der Waals surface area contributed by atoms with Gasteiger partial charge in [0.15, 0.2) is 5.82 Å². The summed E-state index contributed by atoms with van der Waals surface area (Å²) in [6.07, 6.45) is 1.51. The third-order valence-electron chi connectivity index (χ3n) is 2.01. The van der Waals surface area contributed by atoms with Crippen LogP contribution in [-0.4, -0.2) is 26.2 Å². The lowest BCUT2D eigenvalue weighted by Gasteiger charge is -2.05. The van der Waals surface area contributed by atoms with E-state index in [9.17, 15) is 4.79 Å². The van der Waals surface area contributed by atoms with E-state index in [1.54, 1.807) is 13.0 Å². The van der Waals surface area contributed by atoms with Crippen LogP contribution in [0.5, 0.6) is 0 Å². The molecule has 0 unspecified atom stereocenters. The second kappa shape index (κ2) is 4.60. The van der Waals surface area contributed by atoms with E-state index in [1.807, 2.05) is 0 Å². The second-order valence-electron chi connectivity index (χ2n) is 3.29. The normalized spacial score (nSPS) is 10.2. The Morgan fingerprint density at radius 2 is 2.41 bits per heavy atom. The molecule has 88 valence electrons. The Balaban J connectivity index is 2.11. The molecule has 0 fully saturated rings. The van der Waals surface area contributed by atoms with Crippen LogP contribution in [0.15, 0.2) is 22.9 Å². The van der Waals surface area contributed by atoms with Crippen LogP contribution in [0.25, 0.3) is 0 Å². The molecule has 0 bridgehead atoms. The average Bonchev–Trinajstić information content (AvgIpc) is 2.73. The first-order valence-corrected chi connectivity index (χ1v) is 4.88. The van der Waals surface area contributed by atoms with Gasteiger partial charge < -0.3 is 14.9 Å². The summed E-state index contributed by atoms with van der Waals surface area (Å²) in [5, 5.41) is 15.4. The summed E-state index contributed by atoms with van der Waals surface area (Å²) in [5.74, 6) is 0.143. The minimum Gasteiger partial charge on any atom is -0.478 e. The number of hydrogen-bond donors (Lipinski definition) is 2. The van der Waals surface area contributed by atoms with Crippen LogP contribution in [0.3, 0.4) is 0 Å². The molecule has 2 aromatic rings. The van der Waals surface area contributed by atoms with Gasteiger partial charge in [-0.25, -0.2) is 9.78 Å². The summed E-state index contributed by atoms with van der Waals surface area (Å²) >= 11 is 0. The molecule has 2 N–H and O–H groups in total. The Bertz CT molecular complexity index is 538. The Morgan fingerprint density at radius 3 is 3.06 bits per heavy atom. The number of aromatic nitrogens is 3. The number of carboxylic acids is 1. The first-order valence-electron chi connectivity index (χ1n) is 4.88. The molecular weight excluding hydrogens is 224 g/mol. The van der Waals surface area contributed by atoms with Crippen molar-refractivity contribution in [2.45, 2.75) is 13.5 Å². The molecule has 0 saturated heterocycles. The Kier molecular flexibility index (Phi) is 2.99. The number of anilines is 1. The number of nitrogens with zero attached hydrogens (tertiary/aromatic N) is 3. The molecule has 0 aliphatic heterocycles. The fourth-order valence-corrected chi connectivity index (χ4v) is 1.29. The highest BCUT2D eigenvalue weighted by molar-refractivity contribution is 5.92. The van der Waals surface area contributed by atoms with Gasteiger partial charge in [0.2, 0.25) is 5.89 Å². The van der Waals surface area contributed by atoms with Crippen molar-refractivity contribution in [1.82, 2.24) is 15.1 Å². The fourth-order valence-electron chi connectivity index (χ4n) is 1.29. The molecule has 17 heavy (non-hydrogen) atoms. The lowest BCUT2D eigenvalue weighted by atomic mass is 10.2. The zero-order valence-corrected chi connectivity index (χ0v) is 9.04. The number of aryl methyl sites for hydroxylation is 1. The van der Waals surface area contributed by atoms with E-state index in [0.717, 1.165) is 0 Å². The smallest absolute Gasteiger partial charge is 0.339 e. The topological polar surface area (TPSA) is 101 Å². The molecule has 2 aromatic heterocycles. The zero-order chi connectivity index (χ0) is 12.3. The first kappa shape index (κ1) is 11.1. The highest BCUT2D eigenvalue weighted by Crippen LogP contribution is 2.12. The molecule has 0 spiro atoms. The van der Waals surface area contributed by atoms with Gasteiger partial charge in [-0.05, 0) is 19.1 Å². The minimum atomic E-state index is -1.04. The SMILES string of the molecule is Cc1noc(CNc2ncccc2C(=O)O)n1. The minimum absolute atomic E-state index is 0.101. The van der Waals surface area contributed by atoms with E-state index < -0.39 is 5.97 Å². The van der Waals surface area contributed by atoms with Crippen molar-refractivity contribution in [2.75, 3.05) is 5.32 Å². The number of nitrogens with one attached hydrogen (secondary N) is 1. The predicted molar refractivity (Wildman–Crippen MR) is 57.6 cm³/mol. The van der Waals surface area contributed by atoms with Crippen molar-refractivity contribution in [3.05, 3.63) is 35.6 Å². The van der Waals surface area contributed by atoms with Gasteiger partial charge in [-0.15, -0.1) is 0 Å². The summed E-state index contributed by atoms with van der Waals surface area (Å²) in [6.45, 7) is 1.94. The van der Waals surface area contributed by atoms with Crippen molar-refractivity contribution in [1.29, 1.82) is 0 Å². The summed E-state index contributed by atoms with van der Waals surface area (Å²) in [6, 6.07) is 3.03. The highest BCUT2D eigenvalue weighted by atomic mass is 16.5. The van der Waals surface area contributed by atoms with E-state index in [4.69, 9.17) is 9.63 Å².